The average Bonchev–Trinajstić information content (AvgIpc) is 3.45. The van der Waals surface area contributed by atoms with Crippen LogP contribution in [0.2, 0.25) is 0 Å². The lowest BCUT2D eigenvalue weighted by molar-refractivity contribution is 0.444. The Morgan fingerprint density at radius 3 is 2.34 bits per heavy atom. The third-order valence-electron chi connectivity index (χ3n) is 8.04. The molecule has 0 atom stereocenters. The standard InChI is InChI=1S/C30H33NO/c1-19-16-26-28(22-10-6-7-11-22)20(2)32-30(26)27(17-19)29-25-13-12-23(18-24(25)14-15-31-29)21-8-4-3-5-9-21/h12-18,21-22H,3-11H2,1-2H3. The van der Waals surface area contributed by atoms with Gasteiger partial charge in [-0.25, -0.2) is 0 Å². The second-order valence-electron chi connectivity index (χ2n) is 10.2. The van der Waals surface area contributed by atoms with E-state index in [9.17, 15) is 0 Å². The molecular formula is C30H33NO. The molecule has 2 saturated carbocycles. The van der Waals surface area contributed by atoms with Crippen LogP contribution in [-0.2, 0) is 0 Å². The summed E-state index contributed by atoms with van der Waals surface area (Å²) in [5.41, 5.74) is 7.45. The van der Waals surface area contributed by atoms with Crippen LogP contribution in [-0.4, -0.2) is 4.98 Å². The van der Waals surface area contributed by atoms with Crippen molar-refractivity contribution in [3.8, 4) is 11.3 Å². The fraction of sp³-hybridized carbons (Fsp3) is 0.433. The van der Waals surface area contributed by atoms with Crippen LogP contribution in [0.4, 0.5) is 0 Å². The Morgan fingerprint density at radius 2 is 1.53 bits per heavy atom. The van der Waals surface area contributed by atoms with Gasteiger partial charge in [0.2, 0.25) is 0 Å². The smallest absolute Gasteiger partial charge is 0.143 e. The van der Waals surface area contributed by atoms with Crippen molar-refractivity contribution in [2.75, 3.05) is 0 Å². The van der Waals surface area contributed by atoms with Gasteiger partial charge in [-0.15, -0.1) is 0 Å². The lowest BCUT2D eigenvalue weighted by Crippen LogP contribution is -2.04. The van der Waals surface area contributed by atoms with Crippen molar-refractivity contribution in [1.82, 2.24) is 4.98 Å². The second-order valence-corrected chi connectivity index (χ2v) is 10.2. The quantitative estimate of drug-likeness (QED) is 0.328. The van der Waals surface area contributed by atoms with Gasteiger partial charge in [0.15, 0.2) is 0 Å². The van der Waals surface area contributed by atoms with Crippen LogP contribution >= 0.6 is 0 Å². The van der Waals surface area contributed by atoms with Gasteiger partial charge in [0.25, 0.3) is 0 Å². The number of hydrogen-bond acceptors (Lipinski definition) is 2. The van der Waals surface area contributed by atoms with E-state index in [2.05, 4.69) is 50.2 Å². The maximum absolute atomic E-state index is 6.48. The molecule has 2 heterocycles. The molecule has 2 nitrogen and oxygen atoms in total. The summed E-state index contributed by atoms with van der Waals surface area (Å²) in [6, 6.07) is 13.9. The molecule has 0 N–H and O–H groups in total. The number of furan rings is 1. The number of benzene rings is 2. The van der Waals surface area contributed by atoms with E-state index in [-0.39, 0.29) is 0 Å². The minimum atomic E-state index is 0.643. The van der Waals surface area contributed by atoms with Crippen LogP contribution in [0.1, 0.15) is 92.1 Å². The van der Waals surface area contributed by atoms with Crippen LogP contribution < -0.4 is 0 Å². The number of aromatic nitrogens is 1. The minimum Gasteiger partial charge on any atom is -0.460 e. The molecule has 0 unspecified atom stereocenters. The maximum Gasteiger partial charge on any atom is 0.143 e. The van der Waals surface area contributed by atoms with Gasteiger partial charge < -0.3 is 4.42 Å². The largest absolute Gasteiger partial charge is 0.460 e. The number of rotatable bonds is 3. The average molecular weight is 424 g/mol. The van der Waals surface area contributed by atoms with E-state index in [1.807, 2.05) is 6.20 Å². The minimum absolute atomic E-state index is 0.643. The molecule has 2 heteroatoms. The van der Waals surface area contributed by atoms with Gasteiger partial charge in [0, 0.05) is 28.1 Å². The molecule has 0 saturated heterocycles. The van der Waals surface area contributed by atoms with Gasteiger partial charge in [0.05, 0.1) is 5.69 Å². The molecule has 2 aromatic carbocycles. The molecule has 32 heavy (non-hydrogen) atoms. The van der Waals surface area contributed by atoms with Crippen LogP contribution in [0.3, 0.4) is 0 Å². The van der Waals surface area contributed by atoms with Crippen molar-refractivity contribution < 1.29 is 4.42 Å². The summed E-state index contributed by atoms with van der Waals surface area (Å²) in [5, 5.41) is 3.84. The Bertz CT molecular complexity index is 1290. The normalized spacial score (nSPS) is 18.2. The van der Waals surface area contributed by atoms with Gasteiger partial charge in [0.1, 0.15) is 11.3 Å². The zero-order valence-corrected chi connectivity index (χ0v) is 19.4. The highest BCUT2D eigenvalue weighted by Crippen LogP contribution is 2.44. The predicted molar refractivity (Wildman–Crippen MR) is 133 cm³/mol. The van der Waals surface area contributed by atoms with Gasteiger partial charge in [-0.3, -0.25) is 4.98 Å². The number of nitrogens with zero attached hydrogens (tertiary/aromatic N) is 1. The van der Waals surface area contributed by atoms with E-state index in [1.54, 1.807) is 0 Å². The van der Waals surface area contributed by atoms with Gasteiger partial charge in [-0.05, 0) is 86.1 Å². The summed E-state index contributed by atoms with van der Waals surface area (Å²) in [7, 11) is 0. The molecule has 2 aliphatic carbocycles. The van der Waals surface area contributed by atoms with Gasteiger partial charge >= 0.3 is 0 Å². The highest BCUT2D eigenvalue weighted by atomic mass is 16.3. The maximum atomic E-state index is 6.48. The SMILES string of the molecule is Cc1cc(-c2nccc3cc(C4CCCCC4)ccc23)c2oc(C)c(C3CCCC3)c2c1. The molecule has 164 valence electrons. The highest BCUT2D eigenvalue weighted by molar-refractivity contribution is 6.03. The molecule has 2 aromatic heterocycles. The van der Waals surface area contributed by atoms with E-state index in [0.29, 0.717) is 5.92 Å². The number of aryl methyl sites for hydroxylation is 2. The first-order valence-corrected chi connectivity index (χ1v) is 12.6. The first kappa shape index (κ1) is 20.0. The third-order valence-corrected chi connectivity index (χ3v) is 8.04. The fourth-order valence-electron chi connectivity index (χ4n) is 6.48. The van der Waals surface area contributed by atoms with E-state index in [0.717, 1.165) is 28.5 Å². The van der Waals surface area contributed by atoms with Crippen molar-refractivity contribution in [2.45, 2.75) is 83.5 Å². The van der Waals surface area contributed by atoms with Crippen molar-refractivity contribution in [3.63, 3.8) is 0 Å². The van der Waals surface area contributed by atoms with Crippen LogP contribution in [0.5, 0.6) is 0 Å². The molecular weight excluding hydrogens is 390 g/mol. The Hall–Kier alpha value is -2.61. The molecule has 0 amide bonds. The number of hydrogen-bond donors (Lipinski definition) is 0. The highest BCUT2D eigenvalue weighted by Gasteiger charge is 2.26. The first-order chi connectivity index (χ1) is 15.7. The van der Waals surface area contributed by atoms with Crippen LogP contribution in [0.15, 0.2) is 47.0 Å². The van der Waals surface area contributed by atoms with Crippen molar-refractivity contribution in [1.29, 1.82) is 0 Å². The summed E-state index contributed by atoms with van der Waals surface area (Å²) >= 11 is 0. The second kappa shape index (κ2) is 8.06. The van der Waals surface area contributed by atoms with E-state index >= 15 is 0 Å². The van der Waals surface area contributed by atoms with Gasteiger partial charge in [-0.1, -0.05) is 50.3 Å². The summed E-state index contributed by atoms with van der Waals surface area (Å²) in [4.78, 5) is 4.89. The van der Waals surface area contributed by atoms with Crippen LogP contribution in [0.25, 0.3) is 33.0 Å². The van der Waals surface area contributed by atoms with E-state index < -0.39 is 0 Å². The Kier molecular flexibility index (Phi) is 5.05. The van der Waals surface area contributed by atoms with Crippen molar-refractivity contribution in [2.24, 2.45) is 0 Å². The van der Waals surface area contributed by atoms with Crippen molar-refractivity contribution in [3.05, 3.63) is 65.0 Å². The summed E-state index contributed by atoms with van der Waals surface area (Å²) in [5.74, 6) is 2.46. The summed E-state index contributed by atoms with van der Waals surface area (Å²) in [6.07, 6.45) is 14.0. The summed E-state index contributed by atoms with van der Waals surface area (Å²) in [6.45, 7) is 4.36. The molecule has 0 bridgehead atoms. The Balaban J connectivity index is 1.51. The van der Waals surface area contributed by atoms with Crippen LogP contribution in [0, 0.1) is 13.8 Å². The van der Waals surface area contributed by atoms with Crippen molar-refractivity contribution >= 4 is 21.7 Å². The first-order valence-electron chi connectivity index (χ1n) is 12.6. The summed E-state index contributed by atoms with van der Waals surface area (Å²) < 4.78 is 6.48. The van der Waals surface area contributed by atoms with Gasteiger partial charge in [-0.2, -0.15) is 0 Å². The molecule has 6 rings (SSSR count). The Labute approximate surface area is 191 Å². The molecule has 4 aromatic rings. The molecule has 2 fully saturated rings. The van der Waals surface area contributed by atoms with E-state index in [1.165, 1.54) is 90.6 Å². The topological polar surface area (TPSA) is 26.0 Å². The fourth-order valence-corrected chi connectivity index (χ4v) is 6.48. The third kappa shape index (κ3) is 3.36. The number of fused-ring (bicyclic) bond motifs is 2. The predicted octanol–water partition coefficient (Wildman–Crippen LogP) is 8.97. The molecule has 0 spiro atoms. The molecule has 2 aliphatic rings. The number of pyridine rings is 1. The lowest BCUT2D eigenvalue weighted by Gasteiger charge is -2.22. The zero-order chi connectivity index (χ0) is 21.7. The molecule has 0 radical (unpaired) electrons. The molecule has 0 aliphatic heterocycles. The lowest BCUT2D eigenvalue weighted by atomic mass is 9.83. The monoisotopic (exact) mass is 423 g/mol. The Morgan fingerprint density at radius 1 is 0.781 bits per heavy atom. The van der Waals surface area contributed by atoms with E-state index in [4.69, 9.17) is 9.40 Å². The zero-order valence-electron chi connectivity index (χ0n) is 19.4.